The van der Waals surface area contributed by atoms with Gasteiger partial charge in [-0.3, -0.25) is 4.79 Å². The third-order valence-corrected chi connectivity index (χ3v) is 5.00. The van der Waals surface area contributed by atoms with E-state index in [-0.39, 0.29) is 11.9 Å². The van der Waals surface area contributed by atoms with Gasteiger partial charge in [-0.05, 0) is 31.7 Å². The van der Waals surface area contributed by atoms with E-state index in [0.717, 1.165) is 43.3 Å². The SMILES string of the molecule is Cc1nsc(N2CCC(NC(=O)CCc3ccccc3)CC2)n1. The van der Waals surface area contributed by atoms with E-state index in [1.54, 1.807) is 0 Å². The molecule has 0 aliphatic carbocycles. The number of anilines is 1. The molecule has 1 saturated heterocycles. The van der Waals surface area contributed by atoms with Crippen LogP contribution in [0, 0.1) is 6.92 Å². The molecular weight excluding hydrogens is 308 g/mol. The summed E-state index contributed by atoms with van der Waals surface area (Å²) in [6.45, 7) is 3.77. The maximum Gasteiger partial charge on any atom is 0.220 e. The molecule has 1 aliphatic rings. The Kier molecular flexibility index (Phi) is 5.23. The lowest BCUT2D eigenvalue weighted by Crippen LogP contribution is -2.44. The lowest BCUT2D eigenvalue weighted by molar-refractivity contribution is -0.121. The number of nitrogens with one attached hydrogen (secondary N) is 1. The molecule has 3 rings (SSSR count). The lowest BCUT2D eigenvalue weighted by Gasteiger charge is -2.31. The third-order valence-electron chi connectivity index (χ3n) is 4.13. The summed E-state index contributed by atoms with van der Waals surface area (Å²) in [5.74, 6) is 0.986. The van der Waals surface area contributed by atoms with E-state index in [0.29, 0.717) is 6.42 Å². The Morgan fingerprint density at radius 2 is 2.04 bits per heavy atom. The van der Waals surface area contributed by atoms with Crippen LogP contribution in [0.5, 0.6) is 0 Å². The summed E-state index contributed by atoms with van der Waals surface area (Å²) in [6, 6.07) is 10.4. The molecule has 5 nitrogen and oxygen atoms in total. The maximum atomic E-state index is 12.1. The first kappa shape index (κ1) is 15.9. The number of hydrogen-bond donors (Lipinski definition) is 1. The summed E-state index contributed by atoms with van der Waals surface area (Å²) in [5, 5.41) is 4.16. The highest BCUT2D eigenvalue weighted by Crippen LogP contribution is 2.21. The normalized spacial score (nSPS) is 15.6. The van der Waals surface area contributed by atoms with Gasteiger partial charge in [0.15, 0.2) is 0 Å². The third kappa shape index (κ3) is 4.51. The Balaban J connectivity index is 1.41. The second-order valence-electron chi connectivity index (χ2n) is 5.94. The number of rotatable bonds is 5. The van der Waals surface area contributed by atoms with E-state index < -0.39 is 0 Å². The summed E-state index contributed by atoms with van der Waals surface area (Å²) < 4.78 is 4.23. The second-order valence-corrected chi connectivity index (χ2v) is 6.67. The molecular formula is C17H22N4OS. The van der Waals surface area contributed by atoms with Crippen LogP contribution in [0.25, 0.3) is 0 Å². The van der Waals surface area contributed by atoms with E-state index >= 15 is 0 Å². The topological polar surface area (TPSA) is 58.1 Å². The van der Waals surface area contributed by atoms with Crippen molar-refractivity contribution in [2.24, 2.45) is 0 Å². The zero-order chi connectivity index (χ0) is 16.1. The van der Waals surface area contributed by atoms with Gasteiger partial charge in [-0.25, -0.2) is 4.98 Å². The molecule has 122 valence electrons. The van der Waals surface area contributed by atoms with Gasteiger partial charge in [0.25, 0.3) is 0 Å². The summed E-state index contributed by atoms with van der Waals surface area (Å²) in [7, 11) is 0. The molecule has 23 heavy (non-hydrogen) atoms. The molecule has 2 heterocycles. The minimum absolute atomic E-state index is 0.152. The first-order valence-corrected chi connectivity index (χ1v) is 8.86. The van der Waals surface area contributed by atoms with Gasteiger partial charge in [0, 0.05) is 37.1 Å². The molecule has 1 aromatic heterocycles. The van der Waals surface area contributed by atoms with Gasteiger partial charge in [-0.2, -0.15) is 4.37 Å². The Labute approximate surface area is 140 Å². The van der Waals surface area contributed by atoms with Crippen LogP contribution >= 0.6 is 11.5 Å². The molecule has 1 aliphatic heterocycles. The molecule has 1 aromatic carbocycles. The summed E-state index contributed by atoms with van der Waals surface area (Å²) in [4.78, 5) is 18.8. The van der Waals surface area contributed by atoms with Gasteiger partial charge in [0.05, 0.1) is 0 Å². The van der Waals surface area contributed by atoms with Gasteiger partial charge >= 0.3 is 0 Å². The van der Waals surface area contributed by atoms with Gasteiger partial charge in [-0.1, -0.05) is 30.3 Å². The number of benzene rings is 1. The van der Waals surface area contributed by atoms with E-state index in [4.69, 9.17) is 0 Å². The molecule has 0 saturated carbocycles. The van der Waals surface area contributed by atoms with Gasteiger partial charge < -0.3 is 10.2 Å². The van der Waals surface area contributed by atoms with Crippen molar-refractivity contribution < 1.29 is 4.79 Å². The smallest absolute Gasteiger partial charge is 0.220 e. The second kappa shape index (κ2) is 7.55. The minimum Gasteiger partial charge on any atom is -0.353 e. The van der Waals surface area contributed by atoms with Crippen molar-refractivity contribution in [2.75, 3.05) is 18.0 Å². The molecule has 0 atom stereocenters. The highest BCUT2D eigenvalue weighted by atomic mass is 32.1. The minimum atomic E-state index is 0.152. The highest BCUT2D eigenvalue weighted by molar-refractivity contribution is 7.09. The predicted octanol–water partition coefficient (Wildman–Crippen LogP) is 2.56. The summed E-state index contributed by atoms with van der Waals surface area (Å²) >= 11 is 1.45. The van der Waals surface area contributed by atoms with Crippen LogP contribution < -0.4 is 10.2 Å². The fraction of sp³-hybridized carbons (Fsp3) is 0.471. The Morgan fingerprint density at radius 1 is 1.30 bits per heavy atom. The van der Waals surface area contributed by atoms with Gasteiger partial charge in [0.2, 0.25) is 11.0 Å². The molecule has 0 bridgehead atoms. The Morgan fingerprint density at radius 3 is 2.70 bits per heavy atom. The zero-order valence-electron chi connectivity index (χ0n) is 13.4. The van der Waals surface area contributed by atoms with Crippen molar-refractivity contribution in [3.63, 3.8) is 0 Å². The standard InChI is InChI=1S/C17H22N4OS/c1-13-18-17(23-20-13)21-11-9-15(10-12-21)19-16(22)8-7-14-5-3-2-4-6-14/h2-6,15H,7-12H2,1H3,(H,19,22). The number of piperidine rings is 1. The van der Waals surface area contributed by atoms with E-state index in [1.165, 1.54) is 17.1 Å². The van der Waals surface area contributed by atoms with Crippen LogP contribution in [0.4, 0.5) is 5.13 Å². The number of aryl methyl sites for hydroxylation is 2. The van der Waals surface area contributed by atoms with E-state index in [2.05, 4.69) is 31.7 Å². The van der Waals surface area contributed by atoms with Crippen molar-refractivity contribution in [1.82, 2.24) is 14.7 Å². The maximum absolute atomic E-state index is 12.1. The number of carbonyl (C=O) groups is 1. The van der Waals surface area contributed by atoms with Crippen molar-refractivity contribution in [2.45, 2.75) is 38.6 Å². The summed E-state index contributed by atoms with van der Waals surface area (Å²) in [5.41, 5.74) is 1.21. The molecule has 1 fully saturated rings. The fourth-order valence-corrected chi connectivity index (χ4v) is 3.56. The van der Waals surface area contributed by atoms with Gasteiger partial charge in [0.1, 0.15) is 5.82 Å². The molecule has 6 heteroatoms. The molecule has 1 amide bonds. The average Bonchev–Trinajstić information content (AvgIpc) is 3.01. The highest BCUT2D eigenvalue weighted by Gasteiger charge is 2.22. The first-order chi connectivity index (χ1) is 11.2. The fourth-order valence-electron chi connectivity index (χ4n) is 2.83. The van der Waals surface area contributed by atoms with Crippen molar-refractivity contribution in [3.8, 4) is 0 Å². The van der Waals surface area contributed by atoms with Crippen molar-refractivity contribution in [1.29, 1.82) is 0 Å². The first-order valence-electron chi connectivity index (χ1n) is 8.09. The van der Waals surface area contributed by atoms with Crippen LogP contribution in [0.3, 0.4) is 0 Å². The number of amides is 1. The molecule has 2 aromatic rings. The Hall–Kier alpha value is -1.95. The van der Waals surface area contributed by atoms with Crippen molar-refractivity contribution >= 4 is 22.6 Å². The zero-order valence-corrected chi connectivity index (χ0v) is 14.2. The van der Waals surface area contributed by atoms with Crippen LogP contribution in [-0.4, -0.2) is 34.4 Å². The monoisotopic (exact) mass is 330 g/mol. The Bertz CT molecular complexity index is 635. The average molecular weight is 330 g/mol. The van der Waals surface area contributed by atoms with Crippen LogP contribution in [-0.2, 0) is 11.2 Å². The largest absolute Gasteiger partial charge is 0.353 e. The number of hydrogen-bond acceptors (Lipinski definition) is 5. The van der Waals surface area contributed by atoms with Crippen LogP contribution in [0.15, 0.2) is 30.3 Å². The van der Waals surface area contributed by atoms with Crippen molar-refractivity contribution in [3.05, 3.63) is 41.7 Å². The number of nitrogens with zero attached hydrogens (tertiary/aromatic N) is 3. The number of carbonyl (C=O) groups excluding carboxylic acids is 1. The lowest BCUT2D eigenvalue weighted by atomic mass is 10.0. The molecule has 0 spiro atoms. The van der Waals surface area contributed by atoms with Crippen LogP contribution in [0.1, 0.15) is 30.7 Å². The van der Waals surface area contributed by atoms with Crippen LogP contribution in [0.2, 0.25) is 0 Å². The van der Waals surface area contributed by atoms with E-state index in [1.807, 2.05) is 25.1 Å². The summed E-state index contributed by atoms with van der Waals surface area (Å²) in [6.07, 6.45) is 3.29. The molecule has 0 radical (unpaired) electrons. The predicted molar refractivity (Wildman–Crippen MR) is 92.8 cm³/mol. The molecule has 1 N–H and O–H groups in total. The van der Waals surface area contributed by atoms with Gasteiger partial charge in [-0.15, -0.1) is 0 Å². The van der Waals surface area contributed by atoms with E-state index in [9.17, 15) is 4.79 Å². The molecule has 0 unspecified atom stereocenters. The quantitative estimate of drug-likeness (QED) is 0.915. The number of aromatic nitrogens is 2.